The van der Waals surface area contributed by atoms with E-state index in [1.165, 1.54) is 0 Å². The van der Waals surface area contributed by atoms with E-state index in [4.69, 9.17) is 4.74 Å². The molecule has 2 amide bonds. The van der Waals surface area contributed by atoms with E-state index < -0.39 is 0 Å². The van der Waals surface area contributed by atoms with Crippen molar-refractivity contribution in [1.82, 2.24) is 10.6 Å². The molecular formula is C14H26N2O3. The molecule has 0 bridgehead atoms. The van der Waals surface area contributed by atoms with Crippen molar-refractivity contribution in [3.8, 4) is 0 Å². The van der Waals surface area contributed by atoms with E-state index >= 15 is 0 Å². The largest absolute Gasteiger partial charge is 0.462 e. The number of hydrogen-bond donors (Lipinski definition) is 2. The second kappa shape index (κ2) is 6.59. The summed E-state index contributed by atoms with van der Waals surface area (Å²) in [7, 11) is 1.57. The van der Waals surface area contributed by atoms with Crippen LogP contribution in [0.1, 0.15) is 41.0 Å². The van der Waals surface area contributed by atoms with Gasteiger partial charge < -0.3 is 15.4 Å². The van der Waals surface area contributed by atoms with Crippen LogP contribution in [0.25, 0.3) is 0 Å². The van der Waals surface area contributed by atoms with Crippen molar-refractivity contribution in [2.75, 3.05) is 13.7 Å². The highest BCUT2D eigenvalue weighted by Gasteiger charge is 2.31. The molecule has 19 heavy (non-hydrogen) atoms. The minimum atomic E-state index is -0.390. The molecule has 0 aromatic heterocycles. The van der Waals surface area contributed by atoms with Crippen LogP contribution in [-0.2, 0) is 9.53 Å². The topological polar surface area (TPSA) is 67.4 Å². The summed E-state index contributed by atoms with van der Waals surface area (Å²) in [4.78, 5) is 22.7. The van der Waals surface area contributed by atoms with Crippen LogP contribution >= 0.6 is 0 Å². The molecule has 0 aliphatic carbocycles. The molecule has 0 heterocycles. The van der Waals surface area contributed by atoms with Gasteiger partial charge in [-0.1, -0.05) is 20.4 Å². The van der Waals surface area contributed by atoms with Gasteiger partial charge in [0, 0.05) is 23.6 Å². The van der Waals surface area contributed by atoms with Crippen LogP contribution in [-0.4, -0.2) is 31.2 Å². The van der Waals surface area contributed by atoms with E-state index in [1.54, 1.807) is 14.0 Å². The van der Waals surface area contributed by atoms with Crippen molar-refractivity contribution in [3.63, 3.8) is 0 Å². The molecule has 0 spiro atoms. The first kappa shape index (κ1) is 17.5. The third-order valence-corrected chi connectivity index (χ3v) is 2.54. The van der Waals surface area contributed by atoms with Gasteiger partial charge in [0.2, 0.25) is 0 Å². The van der Waals surface area contributed by atoms with Gasteiger partial charge >= 0.3 is 12.0 Å². The maximum atomic E-state index is 11.4. The lowest BCUT2D eigenvalue weighted by atomic mass is 9.80. The summed E-state index contributed by atoms with van der Waals surface area (Å²) in [6.45, 7) is 13.3. The number of ether oxygens (including phenoxy) is 1. The zero-order valence-corrected chi connectivity index (χ0v) is 12.8. The molecule has 5 heteroatoms. The Morgan fingerprint density at radius 3 is 2.16 bits per heavy atom. The monoisotopic (exact) mass is 270 g/mol. The number of urea groups is 1. The number of carbonyl (C=O) groups is 2. The molecule has 0 aliphatic heterocycles. The smallest absolute Gasteiger partial charge is 0.333 e. The molecule has 5 nitrogen and oxygen atoms in total. The molecule has 110 valence electrons. The summed E-state index contributed by atoms with van der Waals surface area (Å²) in [6.07, 6.45) is 0.677. The fourth-order valence-electron chi connectivity index (χ4n) is 2.05. The first-order chi connectivity index (χ1) is 8.49. The van der Waals surface area contributed by atoms with Gasteiger partial charge in [-0.25, -0.2) is 9.59 Å². The summed E-state index contributed by atoms with van der Waals surface area (Å²) in [6, 6.07) is -0.222. The van der Waals surface area contributed by atoms with E-state index in [0.29, 0.717) is 12.0 Å². The van der Waals surface area contributed by atoms with E-state index in [2.05, 4.69) is 17.2 Å². The Labute approximate surface area is 115 Å². The van der Waals surface area contributed by atoms with Gasteiger partial charge in [-0.2, -0.15) is 0 Å². The highest BCUT2D eigenvalue weighted by Crippen LogP contribution is 2.28. The molecular weight excluding hydrogens is 244 g/mol. The van der Waals surface area contributed by atoms with Crippen molar-refractivity contribution in [2.24, 2.45) is 5.41 Å². The van der Waals surface area contributed by atoms with Crippen LogP contribution in [0.2, 0.25) is 0 Å². The maximum Gasteiger partial charge on any atom is 0.333 e. The van der Waals surface area contributed by atoms with Crippen LogP contribution in [0.4, 0.5) is 4.79 Å². The van der Waals surface area contributed by atoms with Crippen LogP contribution in [0.15, 0.2) is 12.2 Å². The first-order valence-corrected chi connectivity index (χ1v) is 6.32. The van der Waals surface area contributed by atoms with Crippen LogP contribution < -0.4 is 10.6 Å². The highest BCUT2D eigenvalue weighted by molar-refractivity contribution is 5.86. The maximum absolute atomic E-state index is 11.4. The summed E-state index contributed by atoms with van der Waals surface area (Å²) in [5.41, 5.74) is -0.243. The van der Waals surface area contributed by atoms with Crippen molar-refractivity contribution < 1.29 is 14.3 Å². The molecule has 0 aliphatic rings. The average molecular weight is 270 g/mol. The molecule has 0 aromatic carbocycles. The molecule has 0 rings (SSSR count). The molecule has 0 fully saturated rings. The Bertz CT molecular complexity index is 360. The van der Waals surface area contributed by atoms with Crippen LogP contribution in [0.3, 0.4) is 0 Å². The number of hydrogen-bond acceptors (Lipinski definition) is 3. The lowest BCUT2D eigenvalue weighted by molar-refractivity contribution is -0.142. The summed E-state index contributed by atoms with van der Waals surface area (Å²) in [5, 5.41) is 5.39. The first-order valence-electron chi connectivity index (χ1n) is 6.32. The summed E-state index contributed by atoms with van der Waals surface area (Å²) < 4.78 is 5.18. The van der Waals surface area contributed by atoms with Crippen molar-refractivity contribution in [3.05, 3.63) is 12.2 Å². The van der Waals surface area contributed by atoms with Gasteiger partial charge in [0.15, 0.2) is 0 Å². The second-order valence-electron chi connectivity index (χ2n) is 6.29. The van der Waals surface area contributed by atoms with Gasteiger partial charge in [0.05, 0.1) is 6.61 Å². The number of nitrogens with one attached hydrogen (secondary N) is 2. The van der Waals surface area contributed by atoms with Gasteiger partial charge in [-0.05, 0) is 27.2 Å². The second-order valence-corrected chi connectivity index (χ2v) is 6.29. The van der Waals surface area contributed by atoms with Crippen molar-refractivity contribution >= 4 is 12.0 Å². The molecule has 2 N–H and O–H groups in total. The zero-order valence-electron chi connectivity index (χ0n) is 12.8. The van der Waals surface area contributed by atoms with Crippen molar-refractivity contribution in [2.45, 2.75) is 46.6 Å². The molecule has 0 radical (unpaired) electrons. The summed E-state index contributed by atoms with van der Waals surface area (Å²) in [5.74, 6) is -0.384. The fraction of sp³-hybridized carbons (Fsp3) is 0.714. The van der Waals surface area contributed by atoms with Crippen LogP contribution in [0.5, 0.6) is 0 Å². The van der Waals surface area contributed by atoms with E-state index in [1.807, 2.05) is 27.7 Å². The number of carbonyl (C=O) groups excluding carboxylic acids is 2. The summed E-state index contributed by atoms with van der Waals surface area (Å²) >= 11 is 0. The van der Waals surface area contributed by atoms with Crippen LogP contribution in [0, 0.1) is 5.41 Å². The Morgan fingerprint density at radius 1 is 1.21 bits per heavy atom. The van der Waals surface area contributed by atoms with E-state index in [-0.39, 0.29) is 29.6 Å². The van der Waals surface area contributed by atoms with E-state index in [0.717, 1.165) is 0 Å². The molecule has 0 saturated heterocycles. The lowest BCUT2D eigenvalue weighted by Gasteiger charge is -2.35. The van der Waals surface area contributed by atoms with Gasteiger partial charge in [-0.3, -0.25) is 0 Å². The lowest BCUT2D eigenvalue weighted by Crippen LogP contribution is -2.50. The third kappa shape index (κ3) is 7.49. The Balaban J connectivity index is 4.45. The Kier molecular flexibility index (Phi) is 6.06. The van der Waals surface area contributed by atoms with Gasteiger partial charge in [0.1, 0.15) is 0 Å². The molecule has 0 unspecified atom stereocenters. The van der Waals surface area contributed by atoms with E-state index in [9.17, 15) is 9.59 Å². The minimum absolute atomic E-state index is 0.222. The number of rotatable bonds is 6. The molecule has 0 aromatic rings. The standard InChI is InChI=1S/C14H26N2O3/c1-10(2)11(17)19-9-13(3,4)8-14(5,6)16-12(18)15-7/h1,8-9H2,2-7H3,(H2,15,16,18). The quantitative estimate of drug-likeness (QED) is 0.574. The number of amides is 2. The minimum Gasteiger partial charge on any atom is -0.462 e. The van der Waals surface area contributed by atoms with Gasteiger partial charge in [0.25, 0.3) is 0 Å². The molecule has 0 atom stereocenters. The predicted octanol–water partition coefficient (Wildman–Crippen LogP) is 2.23. The normalized spacial score (nSPS) is 11.7. The zero-order chi connectivity index (χ0) is 15.3. The average Bonchev–Trinajstić information content (AvgIpc) is 2.23. The Morgan fingerprint density at radius 2 is 1.74 bits per heavy atom. The Hall–Kier alpha value is -1.52. The molecule has 0 saturated carbocycles. The number of esters is 1. The highest BCUT2D eigenvalue weighted by atomic mass is 16.5. The third-order valence-electron chi connectivity index (χ3n) is 2.54. The predicted molar refractivity (Wildman–Crippen MR) is 75.8 cm³/mol. The SMILES string of the molecule is C=C(C)C(=O)OCC(C)(C)CC(C)(C)NC(=O)NC. The van der Waals surface area contributed by atoms with Crippen molar-refractivity contribution in [1.29, 1.82) is 0 Å². The fourth-order valence-corrected chi connectivity index (χ4v) is 2.05. The van der Waals surface area contributed by atoms with Gasteiger partial charge in [-0.15, -0.1) is 0 Å².